The lowest BCUT2D eigenvalue weighted by molar-refractivity contribution is -0.123. The molecule has 7 heteroatoms. The third-order valence-electron chi connectivity index (χ3n) is 3.07. The molecule has 0 aliphatic rings. The average molecular weight is 318 g/mol. The fraction of sp³-hybridized carbons (Fsp3) is 0.188. The normalized spacial score (nSPS) is 11.6. The molecule has 120 valence electrons. The number of hydrogen-bond acceptors (Lipinski definition) is 4. The molecule has 1 heterocycles. The number of ether oxygens (including phenoxy) is 1. The molecule has 0 saturated heterocycles. The van der Waals surface area contributed by atoms with Gasteiger partial charge in [0, 0.05) is 17.4 Å². The van der Waals surface area contributed by atoms with Gasteiger partial charge in [0.1, 0.15) is 11.5 Å². The molecule has 0 aliphatic carbocycles. The van der Waals surface area contributed by atoms with Crippen LogP contribution < -0.4 is 5.32 Å². The topological polar surface area (TPSA) is 88.3 Å². The number of esters is 1. The number of carbonyl (C=O) groups excluding carboxylic acids is 3. The molecule has 0 aliphatic heterocycles. The molecule has 0 unspecified atom stereocenters. The van der Waals surface area contributed by atoms with Crippen LogP contribution in [0.25, 0.3) is 0 Å². The first-order valence-electron chi connectivity index (χ1n) is 6.83. The highest BCUT2D eigenvalue weighted by Crippen LogP contribution is 2.11. The van der Waals surface area contributed by atoms with E-state index in [4.69, 9.17) is 4.74 Å². The Kier molecular flexibility index (Phi) is 4.90. The zero-order valence-electron chi connectivity index (χ0n) is 12.6. The van der Waals surface area contributed by atoms with Crippen molar-refractivity contribution in [2.24, 2.45) is 0 Å². The third-order valence-corrected chi connectivity index (χ3v) is 3.07. The monoisotopic (exact) mass is 318 g/mol. The molecule has 0 spiro atoms. The van der Waals surface area contributed by atoms with Crippen LogP contribution >= 0.6 is 0 Å². The molecule has 1 aromatic carbocycles. The van der Waals surface area contributed by atoms with Crippen LogP contribution in [0.1, 0.15) is 34.7 Å². The van der Waals surface area contributed by atoms with Gasteiger partial charge in [-0.2, -0.15) is 0 Å². The van der Waals surface area contributed by atoms with Gasteiger partial charge in [-0.15, -0.1) is 0 Å². The smallest absolute Gasteiger partial charge is 0.355 e. The molecule has 6 nitrogen and oxygen atoms in total. The first-order chi connectivity index (χ1) is 10.9. The van der Waals surface area contributed by atoms with Crippen molar-refractivity contribution in [2.75, 3.05) is 5.32 Å². The fourth-order valence-corrected chi connectivity index (χ4v) is 1.77. The summed E-state index contributed by atoms with van der Waals surface area (Å²) in [6.45, 7) is 2.78. The summed E-state index contributed by atoms with van der Waals surface area (Å²) in [6, 6.07) is 6.55. The lowest BCUT2D eigenvalue weighted by atomic mass is 10.2. The summed E-state index contributed by atoms with van der Waals surface area (Å²) in [5.41, 5.74) is 0.815. The second-order valence-electron chi connectivity index (χ2n) is 4.90. The highest BCUT2D eigenvalue weighted by Gasteiger charge is 2.20. The third kappa shape index (κ3) is 4.26. The van der Waals surface area contributed by atoms with Gasteiger partial charge < -0.3 is 15.0 Å². The van der Waals surface area contributed by atoms with E-state index in [1.165, 1.54) is 50.4 Å². The number of hydrogen-bond donors (Lipinski definition) is 2. The second-order valence-corrected chi connectivity index (χ2v) is 4.90. The lowest BCUT2D eigenvalue weighted by Crippen LogP contribution is -2.30. The molecule has 1 amide bonds. The minimum absolute atomic E-state index is 0.0802. The Morgan fingerprint density at radius 1 is 1.22 bits per heavy atom. The van der Waals surface area contributed by atoms with Gasteiger partial charge in [-0.1, -0.05) is 0 Å². The summed E-state index contributed by atoms with van der Waals surface area (Å²) in [6.07, 6.45) is 0.332. The van der Waals surface area contributed by atoms with E-state index in [0.717, 1.165) is 0 Å². The number of amides is 1. The molecule has 2 aromatic rings. The number of carbonyl (C=O) groups is 3. The lowest BCUT2D eigenvalue weighted by Gasteiger charge is -2.13. The molecule has 0 bridgehead atoms. The van der Waals surface area contributed by atoms with Crippen molar-refractivity contribution in [1.82, 2.24) is 4.98 Å². The van der Waals surface area contributed by atoms with Crippen LogP contribution in [-0.2, 0) is 9.53 Å². The van der Waals surface area contributed by atoms with Crippen molar-refractivity contribution < 1.29 is 23.5 Å². The molecule has 0 radical (unpaired) electrons. The Bertz CT molecular complexity index is 737. The van der Waals surface area contributed by atoms with Crippen molar-refractivity contribution in [3.05, 3.63) is 53.6 Å². The van der Waals surface area contributed by atoms with Gasteiger partial charge in [-0.25, -0.2) is 9.18 Å². The number of ketones is 1. The second kappa shape index (κ2) is 6.87. The van der Waals surface area contributed by atoms with E-state index in [9.17, 15) is 18.8 Å². The van der Waals surface area contributed by atoms with Crippen LogP contribution in [0.5, 0.6) is 0 Å². The van der Waals surface area contributed by atoms with E-state index in [2.05, 4.69) is 10.3 Å². The molecule has 1 aromatic heterocycles. The Balaban J connectivity index is 1.95. The van der Waals surface area contributed by atoms with E-state index in [1.54, 1.807) is 0 Å². The summed E-state index contributed by atoms with van der Waals surface area (Å²) < 4.78 is 17.8. The van der Waals surface area contributed by atoms with Crippen LogP contribution in [0, 0.1) is 5.82 Å². The maximum absolute atomic E-state index is 12.8. The number of benzene rings is 1. The summed E-state index contributed by atoms with van der Waals surface area (Å²) in [7, 11) is 0. The standard InChI is InChI=1S/C16H15FN2O4/c1-9(20)11-7-14(18-8-11)16(22)23-10(2)15(21)19-13-5-3-12(17)4-6-13/h3-8,10,18H,1-2H3,(H,19,21)/t10-/m1/s1. The van der Waals surface area contributed by atoms with E-state index < -0.39 is 23.8 Å². The summed E-state index contributed by atoms with van der Waals surface area (Å²) in [5.74, 6) is -1.92. The zero-order chi connectivity index (χ0) is 17.0. The molecular formula is C16H15FN2O4. The summed E-state index contributed by atoms with van der Waals surface area (Å²) in [5, 5.41) is 2.50. The van der Waals surface area contributed by atoms with E-state index in [0.29, 0.717) is 11.3 Å². The largest absolute Gasteiger partial charge is 0.448 e. The molecule has 23 heavy (non-hydrogen) atoms. The Morgan fingerprint density at radius 3 is 2.43 bits per heavy atom. The number of aromatic nitrogens is 1. The molecule has 1 atom stereocenters. The molecule has 0 saturated carbocycles. The van der Waals surface area contributed by atoms with Gasteiger partial charge in [-0.05, 0) is 44.2 Å². The Hall–Kier alpha value is -2.96. The highest BCUT2D eigenvalue weighted by atomic mass is 19.1. The number of halogens is 1. The molecule has 2 rings (SSSR count). The molecule has 0 fully saturated rings. The first-order valence-corrected chi connectivity index (χ1v) is 6.83. The fourth-order valence-electron chi connectivity index (χ4n) is 1.77. The zero-order valence-corrected chi connectivity index (χ0v) is 12.6. The van der Waals surface area contributed by atoms with Gasteiger partial charge in [0.05, 0.1) is 0 Å². The maximum Gasteiger partial charge on any atom is 0.355 e. The molecule has 2 N–H and O–H groups in total. The Morgan fingerprint density at radius 2 is 1.87 bits per heavy atom. The Labute approximate surface area is 131 Å². The quantitative estimate of drug-likeness (QED) is 0.655. The van der Waals surface area contributed by atoms with Gasteiger partial charge in [0.25, 0.3) is 5.91 Å². The molecular weight excluding hydrogens is 303 g/mol. The van der Waals surface area contributed by atoms with Crippen molar-refractivity contribution >= 4 is 23.3 Å². The number of anilines is 1. The van der Waals surface area contributed by atoms with Gasteiger partial charge in [0.15, 0.2) is 11.9 Å². The van der Waals surface area contributed by atoms with Crippen molar-refractivity contribution in [1.29, 1.82) is 0 Å². The van der Waals surface area contributed by atoms with Crippen LogP contribution in [0.2, 0.25) is 0 Å². The predicted molar refractivity (Wildman–Crippen MR) is 80.7 cm³/mol. The SMILES string of the molecule is CC(=O)c1c[nH]c(C(=O)O[C@H](C)C(=O)Nc2ccc(F)cc2)c1. The van der Waals surface area contributed by atoms with Gasteiger partial charge in [0.2, 0.25) is 0 Å². The van der Waals surface area contributed by atoms with Gasteiger partial charge >= 0.3 is 5.97 Å². The average Bonchev–Trinajstić information content (AvgIpc) is 2.99. The van der Waals surface area contributed by atoms with Crippen LogP contribution in [0.4, 0.5) is 10.1 Å². The minimum Gasteiger partial charge on any atom is -0.448 e. The first kappa shape index (κ1) is 16.4. The van der Waals surface area contributed by atoms with Crippen molar-refractivity contribution in [2.45, 2.75) is 20.0 Å². The van der Waals surface area contributed by atoms with Crippen molar-refractivity contribution in [3.63, 3.8) is 0 Å². The maximum atomic E-state index is 12.8. The number of aromatic amines is 1. The summed E-state index contributed by atoms with van der Waals surface area (Å²) >= 11 is 0. The van der Waals surface area contributed by atoms with Crippen molar-refractivity contribution in [3.8, 4) is 0 Å². The van der Waals surface area contributed by atoms with E-state index >= 15 is 0 Å². The number of H-pyrrole nitrogens is 1. The van der Waals surface area contributed by atoms with Gasteiger partial charge in [-0.3, -0.25) is 9.59 Å². The van der Waals surface area contributed by atoms with E-state index in [1.807, 2.05) is 0 Å². The van der Waals surface area contributed by atoms with Crippen LogP contribution in [0.15, 0.2) is 36.5 Å². The number of rotatable bonds is 5. The minimum atomic E-state index is -1.06. The summed E-state index contributed by atoms with van der Waals surface area (Å²) in [4.78, 5) is 37.6. The van der Waals surface area contributed by atoms with E-state index in [-0.39, 0.29) is 11.5 Å². The van der Waals surface area contributed by atoms with Crippen LogP contribution in [-0.4, -0.2) is 28.7 Å². The van der Waals surface area contributed by atoms with Crippen LogP contribution in [0.3, 0.4) is 0 Å². The predicted octanol–water partition coefficient (Wildman–Crippen LogP) is 2.54. The number of Topliss-reactive ketones (excluding diaryl/α,β-unsaturated/α-hetero) is 1. The number of nitrogens with one attached hydrogen (secondary N) is 2. The highest BCUT2D eigenvalue weighted by molar-refractivity contribution is 5.99.